The van der Waals surface area contributed by atoms with Crippen molar-refractivity contribution in [3.05, 3.63) is 12.7 Å². The topological polar surface area (TPSA) is 289 Å². The Kier molecular flexibility index (Phi) is 40.9. The second-order valence-corrected chi connectivity index (χ2v) is 6.70. The summed E-state index contributed by atoms with van der Waals surface area (Å²) in [5, 5.41) is 7.76. The molecule has 6 unspecified atom stereocenters. The predicted molar refractivity (Wildman–Crippen MR) is 66.2 cm³/mol. The second kappa shape index (κ2) is 28.2. The molecule has 0 aliphatic rings. The Morgan fingerprint density at radius 3 is 0.769 bits per heavy atom. The predicted octanol–water partition coefficient (Wildman–Crippen LogP) is -2.72. The fourth-order valence-electron chi connectivity index (χ4n) is 0.163. The molecule has 148 valence electrons. The molecule has 0 aromatic rings. The molecule has 0 saturated heterocycles. The van der Waals surface area contributed by atoms with Crippen molar-refractivity contribution in [3.8, 4) is 0 Å². The first-order valence-corrected chi connectivity index (χ1v) is 11.0. The molecule has 0 aromatic heterocycles. The van der Waals surface area contributed by atoms with Gasteiger partial charge < -0.3 is 34.5 Å². The van der Waals surface area contributed by atoms with E-state index in [0.717, 1.165) is 0 Å². The van der Waals surface area contributed by atoms with Gasteiger partial charge in [0.15, 0.2) is 0 Å². The molecule has 16 nitrogen and oxygen atoms in total. The van der Waals surface area contributed by atoms with Gasteiger partial charge in [-0.3, -0.25) is 0 Å². The van der Waals surface area contributed by atoms with Gasteiger partial charge in [-0.2, -0.15) is 0 Å². The van der Waals surface area contributed by atoms with Crippen molar-refractivity contribution < 1.29 is 106 Å². The minimum atomic E-state index is -3.24. The standard InChI is InChI=1S/C3H6O.3O5P2.U/c1-2-3-4;3*1-6(2)5-7(3)4;/h2,4H,1,3H2;;;;. The molecule has 0 fully saturated rings. The molecule has 26 heavy (non-hydrogen) atoms. The molecule has 0 aliphatic heterocycles. The van der Waals surface area contributed by atoms with E-state index in [2.05, 4.69) is 19.5 Å². The Balaban J connectivity index is -0.0000000759. The largest absolute Gasteiger partial charge is 0.563 e. The third-order valence-corrected chi connectivity index (χ3v) is 3.73. The zero-order chi connectivity index (χ0) is 21.0. The Morgan fingerprint density at radius 2 is 0.769 bits per heavy atom. The van der Waals surface area contributed by atoms with Crippen LogP contribution in [0, 0.1) is 31.1 Å². The van der Waals surface area contributed by atoms with Crippen LogP contribution in [0.4, 0.5) is 0 Å². The smallest absolute Gasteiger partial charge is 0.543 e. The molecule has 0 bridgehead atoms. The van der Waals surface area contributed by atoms with E-state index < -0.39 is 49.5 Å². The molecule has 0 spiro atoms. The maximum Gasteiger partial charge on any atom is 0.543 e. The summed E-state index contributed by atoms with van der Waals surface area (Å²) in [5.74, 6) is 0. The molecule has 23 heteroatoms. The summed E-state index contributed by atoms with van der Waals surface area (Å²) in [5.41, 5.74) is 0. The first kappa shape index (κ1) is 37.7. The number of aliphatic hydroxyl groups excluding tert-OH is 1. The van der Waals surface area contributed by atoms with Crippen LogP contribution in [0.1, 0.15) is 0 Å². The van der Waals surface area contributed by atoms with Gasteiger partial charge in [-0.25, -0.2) is 0 Å². The third kappa shape index (κ3) is 73.5. The minimum Gasteiger partial charge on any atom is -0.563 e. The van der Waals surface area contributed by atoms with Crippen molar-refractivity contribution in [2.24, 2.45) is 0 Å². The molecule has 0 amide bonds. The van der Waals surface area contributed by atoms with Gasteiger partial charge in [0, 0.05) is 31.1 Å². The average Bonchev–Trinajstić information content (AvgIpc) is 2.35. The first-order valence-electron chi connectivity index (χ1n) is 4.42. The number of hydrogen-bond donors (Lipinski definition) is 1. The summed E-state index contributed by atoms with van der Waals surface area (Å²) in [6.45, 7) is 3.31. The van der Waals surface area contributed by atoms with Crippen molar-refractivity contribution >= 4 is 49.5 Å². The Labute approximate surface area is 174 Å². The molecular weight excluding hydrogens is 716 g/mol. The van der Waals surface area contributed by atoms with Crippen LogP contribution < -0.4 is 29.4 Å². The maximum atomic E-state index is 9.24. The Morgan fingerprint density at radius 1 is 0.654 bits per heavy atom. The molecule has 1 N–H and O–H groups in total. The van der Waals surface area contributed by atoms with E-state index in [1.165, 1.54) is 6.08 Å². The van der Waals surface area contributed by atoms with E-state index in [1.54, 1.807) is 0 Å². The van der Waals surface area contributed by atoms with Crippen LogP contribution in [0.2, 0.25) is 0 Å². The van der Waals surface area contributed by atoms with Gasteiger partial charge in [0.25, 0.3) is 0 Å². The molecule has 0 heterocycles. The Hall–Kier alpha value is 0.992. The van der Waals surface area contributed by atoms with E-state index in [1.807, 2.05) is 0 Å². The van der Waals surface area contributed by atoms with Crippen molar-refractivity contribution in [1.82, 2.24) is 0 Å². The fraction of sp³-hybridized carbons (Fsp3) is 0.333. The van der Waals surface area contributed by atoms with Gasteiger partial charge in [-0.05, 0) is 27.4 Å². The molecule has 0 saturated carbocycles. The summed E-state index contributed by atoms with van der Waals surface area (Å²) in [4.78, 5) is 55.4. The summed E-state index contributed by atoms with van der Waals surface area (Å²) in [7, 11) is -19.4. The monoisotopic (exact) mass is 722 g/mol. The van der Waals surface area contributed by atoms with E-state index in [4.69, 9.17) is 5.11 Å². The average molecular weight is 722 g/mol. The van der Waals surface area contributed by atoms with E-state index in [0.29, 0.717) is 0 Å². The van der Waals surface area contributed by atoms with Crippen LogP contribution in [-0.2, 0) is 40.3 Å². The van der Waals surface area contributed by atoms with Crippen molar-refractivity contribution in [2.45, 2.75) is 0 Å². The van der Waals surface area contributed by atoms with Gasteiger partial charge in [-0.1, -0.05) is 6.08 Å². The zero-order valence-electron chi connectivity index (χ0n) is 11.7. The fourth-order valence-corrected chi connectivity index (χ4v) is 1.47. The molecule has 0 radical (unpaired) electrons. The van der Waals surface area contributed by atoms with Gasteiger partial charge in [0.2, 0.25) is 0 Å². The Bertz CT molecular complexity index is 381. The molecule has 0 rings (SSSR count). The van der Waals surface area contributed by atoms with Crippen molar-refractivity contribution in [1.29, 1.82) is 0 Å². The van der Waals surface area contributed by atoms with Crippen LogP contribution in [-0.4, -0.2) is 11.7 Å². The number of hydrogen-bond acceptors (Lipinski definition) is 16. The minimum absolute atomic E-state index is 0. The van der Waals surface area contributed by atoms with Crippen LogP contribution in [0.5, 0.6) is 0 Å². The van der Waals surface area contributed by atoms with Crippen LogP contribution in [0.25, 0.3) is 0 Å². The molecule has 0 aromatic carbocycles. The summed E-state index contributed by atoms with van der Waals surface area (Å²) in [6, 6.07) is 0. The molecular formula is C3H6O16P6U. The van der Waals surface area contributed by atoms with Gasteiger partial charge in [-0.15, -0.1) is 6.58 Å². The maximum absolute atomic E-state index is 9.24. The molecule has 6 atom stereocenters. The van der Waals surface area contributed by atoms with Crippen LogP contribution >= 0.6 is 49.5 Å². The summed E-state index contributed by atoms with van der Waals surface area (Å²) >= 11 is 0. The van der Waals surface area contributed by atoms with Gasteiger partial charge >= 0.3 is 49.5 Å². The van der Waals surface area contributed by atoms with Gasteiger partial charge in [0.05, 0.1) is 6.61 Å². The number of rotatable bonds is 7. The quantitative estimate of drug-likeness (QED) is 0.206. The summed E-state index contributed by atoms with van der Waals surface area (Å²) in [6.07, 6.45) is 1.43. The van der Waals surface area contributed by atoms with E-state index in [-0.39, 0.29) is 37.7 Å². The third-order valence-electron chi connectivity index (χ3n) is 0.529. The normalized spacial score (nSPS) is 11.8. The van der Waals surface area contributed by atoms with Crippen molar-refractivity contribution in [2.75, 3.05) is 6.61 Å². The second-order valence-electron chi connectivity index (χ2n) is 2.06. The molecule has 0 aliphatic carbocycles. The number of aliphatic hydroxyl groups is 1. The summed E-state index contributed by atoms with van der Waals surface area (Å²) < 4.78 is 64.9. The van der Waals surface area contributed by atoms with E-state index >= 15 is 0 Å². The van der Waals surface area contributed by atoms with E-state index in [9.17, 15) is 56.8 Å². The zero-order valence-corrected chi connectivity index (χ0v) is 21.3. The van der Waals surface area contributed by atoms with Crippen LogP contribution in [0.15, 0.2) is 12.7 Å². The SMILES string of the molecule is C=CCO.O=[P+]([O-])O[P+](=O)[O-].O=[P+]([O-])O[P+](=O)[O-].O=[P+]([O-])O[P+](=O)[O-].[U]. The van der Waals surface area contributed by atoms with Gasteiger partial charge in [0.1, 0.15) is 12.9 Å². The van der Waals surface area contributed by atoms with Crippen LogP contribution in [0.3, 0.4) is 0 Å². The van der Waals surface area contributed by atoms with Crippen molar-refractivity contribution in [3.63, 3.8) is 0 Å². The first-order chi connectivity index (χ1) is 11.3.